The Bertz CT molecular complexity index is 582. The number of benzene rings is 2. The Morgan fingerprint density at radius 2 is 1.63 bits per heavy atom. The van der Waals surface area contributed by atoms with Gasteiger partial charge in [-0.2, -0.15) is 0 Å². The lowest BCUT2D eigenvalue weighted by Gasteiger charge is -2.11. The minimum absolute atomic E-state index is 0.635. The molecule has 2 aromatic carbocycles. The van der Waals surface area contributed by atoms with Crippen molar-refractivity contribution >= 4 is 23.2 Å². The molecule has 0 N–H and O–H groups in total. The highest BCUT2D eigenvalue weighted by Gasteiger charge is 2.08. The van der Waals surface area contributed by atoms with E-state index in [9.17, 15) is 0 Å². The predicted molar refractivity (Wildman–Crippen MR) is 78.8 cm³/mol. The van der Waals surface area contributed by atoms with Gasteiger partial charge in [0.2, 0.25) is 0 Å². The van der Waals surface area contributed by atoms with Crippen molar-refractivity contribution in [1.29, 1.82) is 0 Å². The first-order valence-electron chi connectivity index (χ1n) is 5.79. The summed E-state index contributed by atoms with van der Waals surface area (Å²) >= 11 is 12.1. The van der Waals surface area contributed by atoms with Crippen molar-refractivity contribution in [2.24, 2.45) is 0 Å². The normalized spacial score (nSPS) is 10.3. The Balaban J connectivity index is 2.32. The van der Waals surface area contributed by atoms with Crippen molar-refractivity contribution < 1.29 is 9.47 Å². The van der Waals surface area contributed by atoms with Crippen LogP contribution in [0.4, 0.5) is 0 Å². The summed E-state index contributed by atoms with van der Waals surface area (Å²) in [5.74, 6) is 1.55. The van der Waals surface area contributed by atoms with Crippen LogP contribution in [0.25, 0.3) is 0 Å². The summed E-state index contributed by atoms with van der Waals surface area (Å²) < 4.78 is 10.6. The van der Waals surface area contributed by atoms with E-state index in [4.69, 9.17) is 32.7 Å². The first kappa shape index (κ1) is 14.0. The van der Waals surface area contributed by atoms with Crippen LogP contribution in [0, 0.1) is 0 Å². The first-order valence-corrected chi connectivity index (χ1v) is 6.54. The van der Waals surface area contributed by atoms with Crippen LogP contribution in [0.5, 0.6) is 11.5 Å². The van der Waals surface area contributed by atoms with Crippen molar-refractivity contribution in [1.82, 2.24) is 0 Å². The van der Waals surface area contributed by atoms with Crippen molar-refractivity contribution in [3.8, 4) is 11.5 Å². The number of hydrogen-bond donors (Lipinski definition) is 0. The third kappa shape index (κ3) is 3.34. The third-order valence-electron chi connectivity index (χ3n) is 2.89. The van der Waals surface area contributed by atoms with Crippen LogP contribution < -0.4 is 9.47 Å². The molecule has 0 atom stereocenters. The molecule has 0 saturated heterocycles. The molecule has 2 rings (SSSR count). The minimum Gasteiger partial charge on any atom is -0.497 e. The summed E-state index contributed by atoms with van der Waals surface area (Å²) in [6, 6.07) is 11.2. The maximum atomic E-state index is 6.18. The molecule has 0 fully saturated rings. The molecular formula is C15H14Cl2O2. The van der Waals surface area contributed by atoms with Gasteiger partial charge < -0.3 is 9.47 Å². The zero-order valence-corrected chi connectivity index (χ0v) is 12.3. The van der Waals surface area contributed by atoms with E-state index in [2.05, 4.69) is 0 Å². The monoisotopic (exact) mass is 296 g/mol. The Hall–Kier alpha value is -1.38. The lowest BCUT2D eigenvalue weighted by molar-refractivity contribution is 0.391. The second kappa shape index (κ2) is 6.18. The molecule has 0 bridgehead atoms. The molecule has 0 spiro atoms. The van der Waals surface area contributed by atoms with Gasteiger partial charge in [-0.25, -0.2) is 0 Å². The van der Waals surface area contributed by atoms with Crippen LogP contribution in [0.3, 0.4) is 0 Å². The minimum atomic E-state index is 0.635. The van der Waals surface area contributed by atoms with Crippen molar-refractivity contribution in [3.05, 3.63) is 57.6 Å². The molecule has 0 amide bonds. The number of rotatable bonds is 4. The molecule has 0 aliphatic heterocycles. The molecule has 2 nitrogen and oxygen atoms in total. The van der Waals surface area contributed by atoms with E-state index in [0.717, 1.165) is 22.6 Å². The largest absolute Gasteiger partial charge is 0.497 e. The van der Waals surface area contributed by atoms with E-state index in [0.29, 0.717) is 16.5 Å². The van der Waals surface area contributed by atoms with Gasteiger partial charge in [0.1, 0.15) is 11.5 Å². The summed E-state index contributed by atoms with van der Waals surface area (Å²) in [7, 11) is 3.27. The average Bonchev–Trinajstić information content (AvgIpc) is 2.42. The quantitative estimate of drug-likeness (QED) is 0.821. The van der Waals surface area contributed by atoms with Gasteiger partial charge in [-0.1, -0.05) is 35.3 Å². The van der Waals surface area contributed by atoms with Gasteiger partial charge in [0.25, 0.3) is 0 Å². The number of methoxy groups -OCH3 is 2. The van der Waals surface area contributed by atoms with E-state index in [1.54, 1.807) is 20.3 Å². The van der Waals surface area contributed by atoms with Gasteiger partial charge in [0.15, 0.2) is 0 Å². The molecule has 100 valence electrons. The summed E-state index contributed by atoms with van der Waals surface area (Å²) in [6.07, 6.45) is 0.684. The Labute approximate surface area is 122 Å². The Kier molecular flexibility index (Phi) is 4.56. The highest BCUT2D eigenvalue weighted by atomic mass is 35.5. The van der Waals surface area contributed by atoms with E-state index in [1.165, 1.54) is 0 Å². The second-order valence-corrected chi connectivity index (χ2v) is 4.93. The molecule has 0 saturated carbocycles. The molecule has 0 radical (unpaired) electrons. The van der Waals surface area contributed by atoms with Crippen LogP contribution in [0.1, 0.15) is 11.1 Å². The summed E-state index contributed by atoms with van der Waals surface area (Å²) in [4.78, 5) is 0. The van der Waals surface area contributed by atoms with Crippen LogP contribution in [0.2, 0.25) is 10.0 Å². The van der Waals surface area contributed by atoms with E-state index in [-0.39, 0.29) is 0 Å². The Morgan fingerprint density at radius 1 is 0.895 bits per heavy atom. The average molecular weight is 297 g/mol. The van der Waals surface area contributed by atoms with Crippen LogP contribution in [0.15, 0.2) is 36.4 Å². The highest BCUT2D eigenvalue weighted by Crippen LogP contribution is 2.29. The molecule has 2 aromatic rings. The summed E-state index contributed by atoms with van der Waals surface area (Å²) in [5, 5.41) is 1.29. The maximum Gasteiger partial charge on any atom is 0.126 e. The molecule has 0 aliphatic rings. The zero-order valence-electron chi connectivity index (χ0n) is 10.7. The van der Waals surface area contributed by atoms with Crippen LogP contribution >= 0.6 is 23.2 Å². The van der Waals surface area contributed by atoms with Crippen LogP contribution in [-0.2, 0) is 6.42 Å². The Morgan fingerprint density at radius 3 is 2.26 bits per heavy atom. The van der Waals surface area contributed by atoms with Gasteiger partial charge in [-0.3, -0.25) is 0 Å². The smallest absolute Gasteiger partial charge is 0.126 e. The molecule has 0 heterocycles. The molecule has 19 heavy (non-hydrogen) atoms. The number of ether oxygens (including phenoxy) is 2. The van der Waals surface area contributed by atoms with Gasteiger partial charge in [0.05, 0.1) is 14.2 Å². The lowest BCUT2D eigenvalue weighted by Crippen LogP contribution is -1.95. The fourth-order valence-electron chi connectivity index (χ4n) is 1.87. The number of hydrogen-bond acceptors (Lipinski definition) is 2. The second-order valence-electron chi connectivity index (χ2n) is 4.09. The van der Waals surface area contributed by atoms with Crippen molar-refractivity contribution in [2.75, 3.05) is 14.2 Å². The van der Waals surface area contributed by atoms with Gasteiger partial charge in [-0.05, 0) is 29.3 Å². The fraction of sp³-hybridized carbons (Fsp3) is 0.200. The van der Waals surface area contributed by atoms with E-state index in [1.807, 2.05) is 30.3 Å². The molecule has 0 aliphatic carbocycles. The van der Waals surface area contributed by atoms with Crippen LogP contribution in [-0.4, -0.2) is 14.2 Å². The first-order chi connectivity index (χ1) is 9.13. The van der Waals surface area contributed by atoms with Gasteiger partial charge in [0, 0.05) is 22.5 Å². The molecule has 0 unspecified atom stereocenters. The fourth-order valence-corrected chi connectivity index (χ4v) is 2.34. The van der Waals surface area contributed by atoms with Gasteiger partial charge >= 0.3 is 0 Å². The summed E-state index contributed by atoms with van der Waals surface area (Å²) in [6.45, 7) is 0. The van der Waals surface area contributed by atoms with Crippen molar-refractivity contribution in [3.63, 3.8) is 0 Å². The lowest BCUT2D eigenvalue weighted by atomic mass is 10.0. The topological polar surface area (TPSA) is 18.5 Å². The third-order valence-corrected chi connectivity index (χ3v) is 3.48. The van der Waals surface area contributed by atoms with E-state index >= 15 is 0 Å². The zero-order chi connectivity index (χ0) is 13.8. The number of halogens is 2. The maximum absolute atomic E-state index is 6.18. The molecule has 4 heteroatoms. The van der Waals surface area contributed by atoms with Crippen molar-refractivity contribution in [2.45, 2.75) is 6.42 Å². The highest BCUT2D eigenvalue weighted by molar-refractivity contribution is 6.35. The molecular weight excluding hydrogens is 283 g/mol. The predicted octanol–water partition coefficient (Wildman–Crippen LogP) is 4.60. The standard InChI is InChI=1S/C15H14Cl2O2/c1-18-13-6-4-11(15(9-13)19-2)7-10-3-5-12(16)8-14(10)17/h3-6,8-9H,7H2,1-2H3. The van der Waals surface area contributed by atoms with Gasteiger partial charge in [-0.15, -0.1) is 0 Å². The SMILES string of the molecule is COc1ccc(Cc2ccc(Cl)cc2Cl)c(OC)c1. The molecule has 0 aromatic heterocycles. The summed E-state index contributed by atoms with van der Waals surface area (Å²) in [5.41, 5.74) is 2.06. The van der Waals surface area contributed by atoms with E-state index < -0.39 is 0 Å².